The maximum absolute atomic E-state index is 13.2. The van der Waals surface area contributed by atoms with Gasteiger partial charge in [-0.1, -0.05) is 22.9 Å². The SMILES string of the molecule is COc1ccc(Cl)c2sc(N(CC3CCCO3)C(=O)CCSc3ccc(F)cc3)nc12. The lowest BCUT2D eigenvalue weighted by Crippen LogP contribution is -2.37. The number of thiazole rings is 1. The minimum atomic E-state index is -0.270. The maximum Gasteiger partial charge on any atom is 0.229 e. The van der Waals surface area contributed by atoms with Gasteiger partial charge in [0.25, 0.3) is 0 Å². The molecule has 1 atom stereocenters. The van der Waals surface area contributed by atoms with E-state index in [1.807, 2.05) is 0 Å². The number of halogens is 2. The van der Waals surface area contributed by atoms with Gasteiger partial charge in [-0.25, -0.2) is 9.37 Å². The molecule has 9 heteroatoms. The molecule has 0 radical (unpaired) electrons. The van der Waals surface area contributed by atoms with Crippen molar-refractivity contribution in [2.45, 2.75) is 30.3 Å². The minimum absolute atomic E-state index is 0.00178. The van der Waals surface area contributed by atoms with Crippen LogP contribution in [0.15, 0.2) is 41.3 Å². The van der Waals surface area contributed by atoms with Crippen LogP contribution in [0.5, 0.6) is 5.75 Å². The van der Waals surface area contributed by atoms with E-state index in [0.717, 1.165) is 22.4 Å². The number of thioether (sulfide) groups is 1. The molecule has 1 amide bonds. The molecule has 0 spiro atoms. The molecule has 1 aliphatic heterocycles. The van der Waals surface area contributed by atoms with Crippen molar-refractivity contribution in [2.24, 2.45) is 0 Å². The van der Waals surface area contributed by atoms with Crippen LogP contribution >= 0.6 is 34.7 Å². The summed E-state index contributed by atoms with van der Waals surface area (Å²) in [5.41, 5.74) is 0.654. The van der Waals surface area contributed by atoms with Crippen molar-refractivity contribution < 1.29 is 18.7 Å². The lowest BCUT2D eigenvalue weighted by atomic mass is 10.2. The highest BCUT2D eigenvalue weighted by atomic mass is 35.5. The van der Waals surface area contributed by atoms with Gasteiger partial charge in [-0.3, -0.25) is 9.69 Å². The number of hydrogen-bond donors (Lipinski definition) is 0. The van der Waals surface area contributed by atoms with Crippen molar-refractivity contribution >= 4 is 56.0 Å². The largest absolute Gasteiger partial charge is 0.494 e. The number of amides is 1. The van der Waals surface area contributed by atoms with Gasteiger partial charge >= 0.3 is 0 Å². The van der Waals surface area contributed by atoms with Gasteiger partial charge in [0.05, 0.1) is 29.5 Å². The second kappa shape index (κ2) is 10.2. The molecule has 5 nitrogen and oxygen atoms in total. The quantitative estimate of drug-likeness (QED) is 0.382. The van der Waals surface area contributed by atoms with Crippen molar-refractivity contribution in [2.75, 3.05) is 30.9 Å². The van der Waals surface area contributed by atoms with Crippen LogP contribution in [0, 0.1) is 5.82 Å². The topological polar surface area (TPSA) is 51.7 Å². The summed E-state index contributed by atoms with van der Waals surface area (Å²) < 4.78 is 25.1. The Morgan fingerprint density at radius 2 is 2.16 bits per heavy atom. The summed E-state index contributed by atoms with van der Waals surface area (Å²) in [6, 6.07) is 9.83. The highest BCUT2D eigenvalue weighted by Gasteiger charge is 2.27. The molecule has 3 aromatic rings. The molecule has 1 aliphatic rings. The van der Waals surface area contributed by atoms with Crippen molar-refractivity contribution in [3.8, 4) is 5.75 Å². The Bertz CT molecular complexity index is 1050. The molecule has 164 valence electrons. The molecule has 0 N–H and O–H groups in total. The van der Waals surface area contributed by atoms with Crippen LogP contribution in [0.25, 0.3) is 10.2 Å². The van der Waals surface area contributed by atoms with Crippen LogP contribution < -0.4 is 9.64 Å². The van der Waals surface area contributed by atoms with E-state index in [-0.39, 0.29) is 17.8 Å². The third-order valence-electron chi connectivity index (χ3n) is 5.01. The van der Waals surface area contributed by atoms with Crippen LogP contribution in [-0.4, -0.2) is 43.0 Å². The number of nitrogens with zero attached hydrogens (tertiary/aromatic N) is 2. The first-order valence-electron chi connectivity index (χ1n) is 9.98. The summed E-state index contributed by atoms with van der Waals surface area (Å²) >= 11 is 9.28. The summed E-state index contributed by atoms with van der Waals surface area (Å²) in [4.78, 5) is 20.5. The molecular weight excluding hydrogens is 459 g/mol. The second-order valence-electron chi connectivity index (χ2n) is 7.12. The van der Waals surface area contributed by atoms with Gasteiger partial charge in [0.1, 0.15) is 17.1 Å². The number of benzene rings is 2. The number of carbonyl (C=O) groups excluding carboxylic acids is 1. The van der Waals surface area contributed by atoms with Crippen LogP contribution in [0.3, 0.4) is 0 Å². The zero-order valence-electron chi connectivity index (χ0n) is 17.0. The van der Waals surface area contributed by atoms with Crippen molar-refractivity contribution in [3.63, 3.8) is 0 Å². The van der Waals surface area contributed by atoms with Gasteiger partial charge in [-0.05, 0) is 49.2 Å². The van der Waals surface area contributed by atoms with E-state index in [1.165, 1.54) is 35.2 Å². The molecule has 0 bridgehead atoms. The summed E-state index contributed by atoms with van der Waals surface area (Å²) in [6.45, 7) is 1.17. The van der Waals surface area contributed by atoms with E-state index in [4.69, 9.17) is 26.1 Å². The normalized spacial score (nSPS) is 16.0. The first kappa shape index (κ1) is 22.3. The fourth-order valence-corrected chi connectivity index (χ4v) is 5.55. The molecule has 31 heavy (non-hydrogen) atoms. The number of anilines is 1. The number of methoxy groups -OCH3 is 1. The van der Waals surface area contributed by atoms with E-state index in [1.54, 1.807) is 36.3 Å². The fraction of sp³-hybridized carbons (Fsp3) is 0.364. The number of hydrogen-bond acceptors (Lipinski definition) is 6. The molecule has 1 aromatic heterocycles. The van der Waals surface area contributed by atoms with Crippen LogP contribution in [0.1, 0.15) is 19.3 Å². The van der Waals surface area contributed by atoms with E-state index >= 15 is 0 Å². The van der Waals surface area contributed by atoms with Crippen molar-refractivity contribution in [1.82, 2.24) is 4.98 Å². The molecule has 0 aliphatic carbocycles. The van der Waals surface area contributed by atoms with Crippen molar-refractivity contribution in [1.29, 1.82) is 0 Å². The zero-order chi connectivity index (χ0) is 21.8. The molecule has 1 saturated heterocycles. The maximum atomic E-state index is 13.2. The van der Waals surface area contributed by atoms with Crippen LogP contribution in [0.4, 0.5) is 9.52 Å². The van der Waals surface area contributed by atoms with E-state index in [0.29, 0.717) is 46.7 Å². The molecule has 1 unspecified atom stereocenters. The Morgan fingerprint density at radius 1 is 1.35 bits per heavy atom. The number of aromatic nitrogens is 1. The Morgan fingerprint density at radius 3 is 2.87 bits per heavy atom. The monoisotopic (exact) mass is 480 g/mol. The molecule has 2 heterocycles. The second-order valence-corrected chi connectivity index (χ2v) is 9.67. The molecule has 2 aromatic carbocycles. The Kier molecular flexibility index (Phi) is 7.32. The number of fused-ring (bicyclic) bond motifs is 1. The van der Waals surface area contributed by atoms with E-state index < -0.39 is 0 Å². The van der Waals surface area contributed by atoms with Crippen molar-refractivity contribution in [3.05, 3.63) is 47.2 Å². The fourth-order valence-electron chi connectivity index (χ4n) is 3.42. The van der Waals surface area contributed by atoms with E-state index in [9.17, 15) is 9.18 Å². The average Bonchev–Trinajstić information content (AvgIpc) is 3.44. The van der Waals surface area contributed by atoms with E-state index in [2.05, 4.69) is 0 Å². The predicted octanol–water partition coefficient (Wildman–Crippen LogP) is 5.79. The van der Waals surface area contributed by atoms with Gasteiger partial charge in [-0.15, -0.1) is 11.8 Å². The Hall–Kier alpha value is -1.87. The summed E-state index contributed by atoms with van der Waals surface area (Å²) in [7, 11) is 1.59. The van der Waals surface area contributed by atoms with Crippen LogP contribution in [-0.2, 0) is 9.53 Å². The number of rotatable bonds is 8. The predicted molar refractivity (Wildman–Crippen MR) is 124 cm³/mol. The Balaban J connectivity index is 1.53. The third-order valence-corrected chi connectivity index (χ3v) is 7.56. The minimum Gasteiger partial charge on any atom is -0.494 e. The van der Waals surface area contributed by atoms with Gasteiger partial charge in [0, 0.05) is 23.7 Å². The first-order valence-corrected chi connectivity index (χ1v) is 12.2. The standard InChI is InChI=1S/C22H22ClFN2O3S2/c1-28-18-9-8-17(23)21-20(18)25-22(31-21)26(13-15-3-2-11-29-15)19(27)10-12-30-16-6-4-14(24)5-7-16/h4-9,15H,2-3,10-13H2,1H3. The third kappa shape index (κ3) is 5.31. The summed E-state index contributed by atoms with van der Waals surface area (Å²) in [6.07, 6.45) is 2.24. The summed E-state index contributed by atoms with van der Waals surface area (Å²) in [5.74, 6) is 0.909. The molecule has 1 fully saturated rings. The highest BCUT2D eigenvalue weighted by Crippen LogP contribution is 2.39. The first-order chi connectivity index (χ1) is 15.0. The van der Waals surface area contributed by atoms with Gasteiger partial charge < -0.3 is 9.47 Å². The number of ether oxygens (including phenoxy) is 2. The Labute approximate surface area is 193 Å². The van der Waals surface area contributed by atoms with Crippen LogP contribution in [0.2, 0.25) is 5.02 Å². The molecule has 0 saturated carbocycles. The average molecular weight is 481 g/mol. The lowest BCUT2D eigenvalue weighted by Gasteiger charge is -2.23. The van der Waals surface area contributed by atoms with Gasteiger partial charge in [-0.2, -0.15) is 0 Å². The van der Waals surface area contributed by atoms with Gasteiger partial charge in [0.15, 0.2) is 5.13 Å². The summed E-state index contributed by atoms with van der Waals surface area (Å²) in [5, 5.41) is 1.17. The molecular formula is C22H22ClFN2O3S2. The zero-order valence-corrected chi connectivity index (χ0v) is 19.4. The molecule has 4 rings (SSSR count). The number of carbonyl (C=O) groups is 1. The van der Waals surface area contributed by atoms with Gasteiger partial charge in [0.2, 0.25) is 5.91 Å². The highest BCUT2D eigenvalue weighted by molar-refractivity contribution is 7.99. The smallest absolute Gasteiger partial charge is 0.229 e. The lowest BCUT2D eigenvalue weighted by molar-refractivity contribution is -0.118.